The monoisotopic (exact) mass is 352 g/mol. The van der Waals surface area contributed by atoms with Gasteiger partial charge in [-0.3, -0.25) is 4.79 Å². The van der Waals surface area contributed by atoms with E-state index < -0.39 is 17.7 Å². The number of esters is 1. The molecule has 0 bridgehead atoms. The van der Waals surface area contributed by atoms with Gasteiger partial charge < -0.3 is 9.47 Å². The molecule has 25 heavy (non-hydrogen) atoms. The van der Waals surface area contributed by atoms with Crippen LogP contribution in [-0.2, 0) is 24.0 Å². The highest BCUT2D eigenvalue weighted by Gasteiger charge is 2.35. The zero-order valence-electron chi connectivity index (χ0n) is 14.2. The molecule has 6 heteroatoms. The van der Waals surface area contributed by atoms with Crippen LogP contribution < -0.4 is 9.47 Å². The summed E-state index contributed by atoms with van der Waals surface area (Å²) in [7, 11) is 0. The van der Waals surface area contributed by atoms with Crippen molar-refractivity contribution >= 4 is 5.97 Å². The maximum absolute atomic E-state index is 13.3. The fourth-order valence-electron chi connectivity index (χ4n) is 2.47. The highest BCUT2D eigenvalue weighted by molar-refractivity contribution is 5.70. The van der Waals surface area contributed by atoms with E-state index in [1.165, 1.54) is 12.1 Å². The summed E-state index contributed by atoms with van der Waals surface area (Å²) in [6, 6.07) is 8.99. The Morgan fingerprint density at radius 3 is 2.40 bits per heavy atom. The van der Waals surface area contributed by atoms with Crippen molar-refractivity contribution in [1.29, 1.82) is 0 Å². The third kappa shape index (κ3) is 4.75. The Balaban J connectivity index is 2.35. The van der Waals surface area contributed by atoms with Crippen LogP contribution in [0.5, 0.6) is 11.5 Å². The van der Waals surface area contributed by atoms with E-state index in [2.05, 4.69) is 0 Å². The molecule has 0 N–H and O–H groups in total. The van der Waals surface area contributed by atoms with Crippen molar-refractivity contribution < 1.29 is 27.4 Å². The van der Waals surface area contributed by atoms with Gasteiger partial charge in [0.15, 0.2) is 0 Å². The van der Waals surface area contributed by atoms with Gasteiger partial charge in [0.2, 0.25) is 0 Å². The van der Waals surface area contributed by atoms with Crippen molar-refractivity contribution in [3.05, 3.63) is 58.7 Å². The van der Waals surface area contributed by atoms with Crippen LogP contribution >= 0.6 is 0 Å². The lowest BCUT2D eigenvalue weighted by Crippen LogP contribution is -2.14. The number of hydrogen-bond acceptors (Lipinski definition) is 3. The molecule has 0 heterocycles. The summed E-state index contributed by atoms with van der Waals surface area (Å²) in [6.07, 6.45) is -3.72. The van der Waals surface area contributed by atoms with Gasteiger partial charge in [0, 0.05) is 12.5 Å². The van der Waals surface area contributed by atoms with Crippen molar-refractivity contribution in [1.82, 2.24) is 0 Å². The topological polar surface area (TPSA) is 35.5 Å². The lowest BCUT2D eigenvalue weighted by atomic mass is 10.1. The quantitative estimate of drug-likeness (QED) is 0.556. The Kier molecular flexibility index (Phi) is 5.72. The van der Waals surface area contributed by atoms with Crippen LogP contribution in [0.15, 0.2) is 36.4 Å². The molecule has 0 saturated heterocycles. The Bertz CT molecular complexity index is 767. The molecule has 2 rings (SSSR count). The van der Waals surface area contributed by atoms with Gasteiger partial charge in [-0.25, -0.2) is 0 Å². The minimum atomic E-state index is -4.57. The number of rotatable bonds is 5. The van der Waals surface area contributed by atoms with Crippen molar-refractivity contribution in [3.63, 3.8) is 0 Å². The molecule has 0 atom stereocenters. The predicted molar refractivity (Wildman–Crippen MR) is 87.6 cm³/mol. The first-order valence-electron chi connectivity index (χ1n) is 7.82. The molecule has 0 aliphatic heterocycles. The van der Waals surface area contributed by atoms with Gasteiger partial charge in [-0.15, -0.1) is 0 Å². The Morgan fingerprint density at radius 2 is 1.84 bits per heavy atom. The molecule has 0 amide bonds. The van der Waals surface area contributed by atoms with Crippen molar-refractivity contribution in [2.45, 2.75) is 40.0 Å². The summed E-state index contributed by atoms with van der Waals surface area (Å²) in [5.41, 5.74) is 0.859. The second-order valence-corrected chi connectivity index (χ2v) is 5.62. The summed E-state index contributed by atoms with van der Waals surface area (Å²) in [4.78, 5) is 11.2. The molecule has 134 valence electrons. The number of benzene rings is 2. The minimum Gasteiger partial charge on any atom is -0.488 e. The fourth-order valence-corrected chi connectivity index (χ4v) is 2.47. The first kappa shape index (κ1) is 18.8. The third-order valence-electron chi connectivity index (χ3n) is 3.71. The zero-order valence-corrected chi connectivity index (χ0v) is 14.2. The largest absolute Gasteiger partial charge is 0.488 e. The SMILES string of the molecule is CCc1ccc(OCc2c(OC(C)=O)cccc2C(F)(F)F)c(C)c1. The lowest BCUT2D eigenvalue weighted by Gasteiger charge is -2.17. The van der Waals surface area contributed by atoms with Crippen LogP contribution in [0.3, 0.4) is 0 Å². The molecule has 3 nitrogen and oxygen atoms in total. The van der Waals surface area contributed by atoms with E-state index in [9.17, 15) is 18.0 Å². The van der Waals surface area contributed by atoms with E-state index in [0.29, 0.717) is 5.75 Å². The molecule has 0 fully saturated rings. The Labute approximate surface area is 144 Å². The first-order valence-corrected chi connectivity index (χ1v) is 7.82. The van der Waals surface area contributed by atoms with E-state index in [1.54, 1.807) is 6.07 Å². The molecular weight excluding hydrogens is 333 g/mol. The molecule has 0 saturated carbocycles. The fraction of sp³-hybridized carbons (Fsp3) is 0.316. The standard InChI is InChI=1S/C19H19F3O3/c1-4-14-8-9-17(12(2)10-14)24-11-15-16(19(20,21)22)6-5-7-18(15)25-13(3)23/h5-10H,4,11H2,1-3H3. The van der Waals surface area contributed by atoms with Crippen LogP contribution in [0.4, 0.5) is 13.2 Å². The average Bonchev–Trinajstić information content (AvgIpc) is 2.52. The predicted octanol–water partition coefficient (Wildman–Crippen LogP) is 5.08. The van der Waals surface area contributed by atoms with Gasteiger partial charge in [-0.2, -0.15) is 13.2 Å². The molecule has 0 aromatic heterocycles. The summed E-state index contributed by atoms with van der Waals surface area (Å²) >= 11 is 0. The van der Waals surface area contributed by atoms with E-state index in [1.807, 2.05) is 26.0 Å². The van der Waals surface area contributed by atoms with Gasteiger partial charge in [0.25, 0.3) is 0 Å². The van der Waals surface area contributed by atoms with E-state index in [0.717, 1.165) is 30.5 Å². The summed E-state index contributed by atoms with van der Waals surface area (Å²) in [5, 5.41) is 0. The number of aryl methyl sites for hydroxylation is 2. The molecule has 0 unspecified atom stereocenters. The van der Waals surface area contributed by atoms with Crippen LogP contribution in [0.25, 0.3) is 0 Å². The van der Waals surface area contributed by atoms with Crippen molar-refractivity contribution in [2.75, 3.05) is 0 Å². The van der Waals surface area contributed by atoms with Crippen LogP contribution in [0, 0.1) is 6.92 Å². The van der Waals surface area contributed by atoms with E-state index >= 15 is 0 Å². The maximum Gasteiger partial charge on any atom is 0.416 e. The number of halogens is 3. The molecule has 0 spiro atoms. The van der Waals surface area contributed by atoms with Crippen molar-refractivity contribution in [3.8, 4) is 11.5 Å². The summed E-state index contributed by atoms with van der Waals surface area (Å²) in [6.45, 7) is 4.63. The second-order valence-electron chi connectivity index (χ2n) is 5.62. The van der Waals surface area contributed by atoms with Gasteiger partial charge in [-0.05, 0) is 42.7 Å². The maximum atomic E-state index is 13.3. The van der Waals surface area contributed by atoms with E-state index in [-0.39, 0.29) is 17.9 Å². The van der Waals surface area contributed by atoms with Gasteiger partial charge in [0.1, 0.15) is 18.1 Å². The minimum absolute atomic E-state index is 0.148. The lowest BCUT2D eigenvalue weighted by molar-refractivity contribution is -0.139. The normalized spacial score (nSPS) is 11.3. The summed E-state index contributed by atoms with van der Waals surface area (Å²) in [5.74, 6) is -0.350. The van der Waals surface area contributed by atoms with Crippen LogP contribution in [0.1, 0.15) is 36.1 Å². The third-order valence-corrected chi connectivity index (χ3v) is 3.71. The molecule has 0 radical (unpaired) electrons. The number of carbonyl (C=O) groups is 1. The van der Waals surface area contributed by atoms with Crippen LogP contribution in [0.2, 0.25) is 0 Å². The number of alkyl halides is 3. The first-order chi connectivity index (χ1) is 11.7. The molecule has 0 aliphatic rings. The van der Waals surface area contributed by atoms with E-state index in [4.69, 9.17) is 9.47 Å². The molecule has 2 aromatic rings. The zero-order chi connectivity index (χ0) is 18.6. The van der Waals surface area contributed by atoms with Gasteiger partial charge >= 0.3 is 12.1 Å². The van der Waals surface area contributed by atoms with Gasteiger partial charge in [0.05, 0.1) is 5.56 Å². The highest BCUT2D eigenvalue weighted by Crippen LogP contribution is 2.37. The van der Waals surface area contributed by atoms with Crippen molar-refractivity contribution in [2.24, 2.45) is 0 Å². The highest BCUT2D eigenvalue weighted by atomic mass is 19.4. The summed E-state index contributed by atoms with van der Waals surface area (Å²) < 4.78 is 50.3. The second kappa shape index (κ2) is 7.59. The van der Waals surface area contributed by atoms with Gasteiger partial charge in [-0.1, -0.05) is 25.1 Å². The Morgan fingerprint density at radius 1 is 1.12 bits per heavy atom. The smallest absolute Gasteiger partial charge is 0.416 e. The number of carbonyl (C=O) groups excluding carboxylic acids is 1. The Hall–Kier alpha value is -2.50. The molecule has 0 aliphatic carbocycles. The molecular formula is C19H19F3O3. The number of hydrogen-bond donors (Lipinski definition) is 0. The number of ether oxygens (including phenoxy) is 2. The van der Waals surface area contributed by atoms with Crippen LogP contribution in [-0.4, -0.2) is 5.97 Å². The average molecular weight is 352 g/mol. The molecule has 2 aromatic carbocycles.